The van der Waals surface area contributed by atoms with E-state index in [2.05, 4.69) is 23.8 Å². The van der Waals surface area contributed by atoms with Crippen molar-refractivity contribution in [3.63, 3.8) is 0 Å². The summed E-state index contributed by atoms with van der Waals surface area (Å²) in [6, 6.07) is 0. The molecule has 0 aromatic rings. The van der Waals surface area contributed by atoms with Gasteiger partial charge < -0.3 is 10.9 Å². The minimum absolute atomic E-state index is 0.358. The lowest BCUT2D eigenvalue weighted by atomic mass is 9.91. The molecule has 0 aliphatic heterocycles. The highest BCUT2D eigenvalue weighted by Gasteiger charge is 2.18. The summed E-state index contributed by atoms with van der Waals surface area (Å²) in [7, 11) is 0. The number of thioether (sulfide) groups is 1. The predicted octanol–water partition coefficient (Wildman–Crippen LogP) is 3.22. The first-order valence-corrected chi connectivity index (χ1v) is 7.35. The third-order valence-corrected chi connectivity index (χ3v) is 4.62. The van der Waals surface area contributed by atoms with Crippen molar-refractivity contribution in [2.75, 3.05) is 5.75 Å². The number of nitrogens with zero attached hydrogens (tertiary/aromatic N) is 1. The summed E-state index contributed by atoms with van der Waals surface area (Å²) in [4.78, 5) is 0. The van der Waals surface area contributed by atoms with Crippen molar-refractivity contribution in [1.29, 1.82) is 0 Å². The Labute approximate surface area is 103 Å². The third-order valence-electron chi connectivity index (χ3n) is 3.20. The van der Waals surface area contributed by atoms with E-state index >= 15 is 0 Å². The summed E-state index contributed by atoms with van der Waals surface area (Å²) in [6.07, 6.45) is 8.54. The molecule has 0 aromatic carbocycles. The molecule has 0 aromatic heterocycles. The molecule has 1 aliphatic rings. The second kappa shape index (κ2) is 7.82. The molecule has 1 saturated carbocycles. The largest absolute Gasteiger partial charge is 0.409 e. The van der Waals surface area contributed by atoms with Crippen LogP contribution in [-0.2, 0) is 0 Å². The van der Waals surface area contributed by atoms with Gasteiger partial charge in [-0.15, -0.1) is 0 Å². The molecule has 2 atom stereocenters. The Kier molecular flexibility index (Phi) is 6.69. The predicted molar refractivity (Wildman–Crippen MR) is 71.1 cm³/mol. The molecule has 0 radical (unpaired) electrons. The van der Waals surface area contributed by atoms with Gasteiger partial charge in [-0.1, -0.05) is 24.9 Å². The minimum atomic E-state index is 0.358. The smallest absolute Gasteiger partial charge is 0.139 e. The van der Waals surface area contributed by atoms with Crippen molar-refractivity contribution in [3.05, 3.63) is 0 Å². The minimum Gasteiger partial charge on any atom is -0.409 e. The molecule has 4 heteroatoms. The lowest BCUT2D eigenvalue weighted by Gasteiger charge is -2.26. The molecule has 2 unspecified atom stereocenters. The molecule has 3 N–H and O–H groups in total. The van der Waals surface area contributed by atoms with Crippen LogP contribution in [0.4, 0.5) is 0 Å². The molecule has 0 amide bonds. The van der Waals surface area contributed by atoms with Gasteiger partial charge in [-0.3, -0.25) is 0 Å². The Balaban J connectivity index is 1.98. The Morgan fingerprint density at radius 3 is 2.94 bits per heavy atom. The molecule has 3 nitrogen and oxygen atoms in total. The maximum absolute atomic E-state index is 8.38. The van der Waals surface area contributed by atoms with Crippen LogP contribution in [0.3, 0.4) is 0 Å². The molecular weight excluding hydrogens is 220 g/mol. The Hall–Kier alpha value is -0.380. The zero-order valence-electron chi connectivity index (χ0n) is 10.2. The van der Waals surface area contributed by atoms with Crippen molar-refractivity contribution < 1.29 is 5.21 Å². The van der Waals surface area contributed by atoms with E-state index in [-0.39, 0.29) is 0 Å². The van der Waals surface area contributed by atoms with Crippen molar-refractivity contribution >= 4 is 17.6 Å². The van der Waals surface area contributed by atoms with E-state index < -0.39 is 0 Å². The molecule has 0 saturated heterocycles. The maximum atomic E-state index is 8.38. The maximum Gasteiger partial charge on any atom is 0.139 e. The van der Waals surface area contributed by atoms with Crippen LogP contribution in [-0.4, -0.2) is 22.0 Å². The quantitative estimate of drug-likeness (QED) is 0.248. The first-order valence-electron chi connectivity index (χ1n) is 6.30. The third kappa shape index (κ3) is 5.64. The van der Waals surface area contributed by atoms with Crippen LogP contribution in [0, 0.1) is 5.92 Å². The van der Waals surface area contributed by atoms with Crippen LogP contribution in [0.1, 0.15) is 51.9 Å². The topological polar surface area (TPSA) is 58.6 Å². The highest BCUT2D eigenvalue weighted by atomic mass is 32.2. The van der Waals surface area contributed by atoms with Crippen molar-refractivity contribution in [1.82, 2.24) is 0 Å². The SMILES string of the molecule is CC1CCCC(SCCCCC(N)=NO)C1. The first-order chi connectivity index (χ1) is 7.72. The Morgan fingerprint density at radius 1 is 1.44 bits per heavy atom. The molecule has 0 bridgehead atoms. The van der Waals surface area contributed by atoms with Crippen LogP contribution in [0.5, 0.6) is 0 Å². The zero-order valence-corrected chi connectivity index (χ0v) is 11.0. The molecule has 0 spiro atoms. The highest BCUT2D eigenvalue weighted by Crippen LogP contribution is 2.32. The number of oxime groups is 1. The monoisotopic (exact) mass is 244 g/mol. The average Bonchev–Trinajstić information content (AvgIpc) is 2.28. The van der Waals surface area contributed by atoms with Crippen molar-refractivity contribution in [2.24, 2.45) is 16.8 Å². The molecule has 1 aliphatic carbocycles. The molecule has 1 fully saturated rings. The van der Waals surface area contributed by atoms with Crippen LogP contribution in [0.25, 0.3) is 0 Å². The highest BCUT2D eigenvalue weighted by molar-refractivity contribution is 7.99. The van der Waals surface area contributed by atoms with Gasteiger partial charge in [-0.25, -0.2) is 0 Å². The zero-order chi connectivity index (χ0) is 11.8. The fourth-order valence-corrected chi connectivity index (χ4v) is 3.74. The average molecular weight is 244 g/mol. The van der Waals surface area contributed by atoms with Gasteiger partial charge in [-0.05, 0) is 37.4 Å². The Morgan fingerprint density at radius 2 is 2.25 bits per heavy atom. The fourth-order valence-electron chi connectivity index (χ4n) is 2.24. The number of hydrogen-bond acceptors (Lipinski definition) is 3. The van der Waals surface area contributed by atoms with Crippen LogP contribution < -0.4 is 5.73 Å². The lowest BCUT2D eigenvalue weighted by molar-refractivity contribution is 0.316. The van der Waals surface area contributed by atoms with Crippen LogP contribution in [0.2, 0.25) is 0 Å². The van der Waals surface area contributed by atoms with E-state index in [4.69, 9.17) is 10.9 Å². The van der Waals surface area contributed by atoms with Gasteiger partial charge >= 0.3 is 0 Å². The van der Waals surface area contributed by atoms with Gasteiger partial charge in [0.2, 0.25) is 0 Å². The molecule has 16 heavy (non-hydrogen) atoms. The standard InChI is InChI=1S/C12H24N2OS/c1-10-5-4-6-11(9-10)16-8-3-2-7-12(13)14-15/h10-11,15H,2-9H2,1H3,(H2,13,14). The normalized spacial score (nSPS) is 26.9. The van der Waals surface area contributed by atoms with E-state index in [1.807, 2.05) is 0 Å². The summed E-state index contributed by atoms with van der Waals surface area (Å²) in [5.74, 6) is 2.50. The van der Waals surface area contributed by atoms with Crippen molar-refractivity contribution in [3.8, 4) is 0 Å². The fraction of sp³-hybridized carbons (Fsp3) is 0.917. The van der Waals surface area contributed by atoms with E-state index in [1.165, 1.54) is 37.9 Å². The number of rotatable bonds is 6. The first kappa shape index (κ1) is 13.7. The van der Waals surface area contributed by atoms with E-state index in [1.54, 1.807) is 0 Å². The van der Waals surface area contributed by atoms with E-state index in [9.17, 15) is 0 Å². The summed E-state index contributed by atoms with van der Waals surface area (Å²) in [5, 5.41) is 12.2. The van der Waals surface area contributed by atoms with Crippen LogP contribution in [0.15, 0.2) is 5.16 Å². The van der Waals surface area contributed by atoms with Crippen molar-refractivity contribution in [2.45, 2.75) is 57.1 Å². The molecule has 1 rings (SSSR count). The Bertz CT molecular complexity index is 221. The van der Waals surface area contributed by atoms with Gasteiger partial charge in [0, 0.05) is 11.7 Å². The molecule has 94 valence electrons. The molecule has 0 heterocycles. The van der Waals surface area contributed by atoms with Gasteiger partial charge in [0.1, 0.15) is 5.84 Å². The van der Waals surface area contributed by atoms with E-state index in [0.29, 0.717) is 5.84 Å². The van der Waals surface area contributed by atoms with Crippen LogP contribution >= 0.6 is 11.8 Å². The summed E-state index contributed by atoms with van der Waals surface area (Å²) in [6.45, 7) is 2.37. The second-order valence-corrected chi connectivity index (χ2v) is 6.22. The van der Waals surface area contributed by atoms with Gasteiger partial charge in [0.15, 0.2) is 0 Å². The van der Waals surface area contributed by atoms with Gasteiger partial charge in [0.05, 0.1) is 0 Å². The number of nitrogens with two attached hydrogens (primary N) is 1. The lowest BCUT2D eigenvalue weighted by Crippen LogP contribution is -2.15. The van der Waals surface area contributed by atoms with Gasteiger partial charge in [0.25, 0.3) is 0 Å². The second-order valence-electron chi connectivity index (χ2n) is 4.81. The summed E-state index contributed by atoms with van der Waals surface area (Å²) < 4.78 is 0. The number of hydrogen-bond donors (Lipinski definition) is 2. The van der Waals surface area contributed by atoms with E-state index in [0.717, 1.165) is 24.0 Å². The molecular formula is C12H24N2OS. The summed E-state index contributed by atoms with van der Waals surface area (Å²) in [5.41, 5.74) is 5.41. The number of amidine groups is 1. The van der Waals surface area contributed by atoms with Gasteiger partial charge in [-0.2, -0.15) is 11.8 Å². The number of unbranched alkanes of at least 4 members (excludes halogenated alkanes) is 1. The summed E-state index contributed by atoms with van der Waals surface area (Å²) >= 11 is 2.12.